The number of aliphatic carboxylic acids is 1. The van der Waals surface area contributed by atoms with Gasteiger partial charge in [-0.25, -0.2) is 4.79 Å². The molecular weight excluding hydrogens is 484 g/mol. The van der Waals surface area contributed by atoms with Gasteiger partial charge in [-0.15, -0.1) is 0 Å². The topological polar surface area (TPSA) is 258 Å². The van der Waals surface area contributed by atoms with Crippen LogP contribution in [0.3, 0.4) is 0 Å². The molecule has 4 amide bonds. The van der Waals surface area contributed by atoms with Crippen LogP contribution in [0.2, 0.25) is 0 Å². The number of carbonyl (C=O) groups excluding carboxylic acids is 4. The number of amides is 4. The minimum absolute atomic E-state index is 0.121. The van der Waals surface area contributed by atoms with Gasteiger partial charge in [0.25, 0.3) is 0 Å². The highest BCUT2D eigenvalue weighted by Gasteiger charge is 2.32. The Kier molecular flexibility index (Phi) is 15.5. The molecule has 0 aliphatic rings. The predicted octanol–water partition coefficient (Wildman–Crippen LogP) is -1.74. The largest absolute Gasteiger partial charge is 0.480 e. The van der Waals surface area contributed by atoms with Crippen LogP contribution < -0.4 is 38.9 Å². The maximum atomic E-state index is 13.2. The SMILES string of the molecule is CCC(C)C(N)C(=O)NC(CCCN=C(N)N)C(=O)NC(CCC(N)=O)C(=O)NC(C(=O)O)C(C)CC. The van der Waals surface area contributed by atoms with E-state index in [1.807, 2.05) is 6.92 Å². The molecule has 0 fully saturated rings. The van der Waals surface area contributed by atoms with E-state index in [4.69, 9.17) is 22.9 Å². The number of nitrogens with two attached hydrogens (primary N) is 4. The Morgan fingerprint density at radius 3 is 1.81 bits per heavy atom. The van der Waals surface area contributed by atoms with Gasteiger partial charge in [-0.3, -0.25) is 24.2 Å². The van der Waals surface area contributed by atoms with E-state index in [1.54, 1.807) is 20.8 Å². The van der Waals surface area contributed by atoms with E-state index in [0.717, 1.165) is 0 Å². The number of carboxylic acid groups (broad SMARTS) is 1. The van der Waals surface area contributed by atoms with Crippen LogP contribution in [-0.4, -0.2) is 71.4 Å². The Morgan fingerprint density at radius 1 is 0.811 bits per heavy atom. The summed E-state index contributed by atoms with van der Waals surface area (Å²) in [5.74, 6) is -4.64. The average molecular weight is 529 g/mol. The molecule has 6 atom stereocenters. The number of nitrogens with zero attached hydrogens (tertiary/aromatic N) is 1. The van der Waals surface area contributed by atoms with Crippen LogP contribution >= 0.6 is 0 Å². The van der Waals surface area contributed by atoms with E-state index in [1.165, 1.54) is 0 Å². The molecule has 14 heteroatoms. The first kappa shape index (κ1) is 33.6. The number of aliphatic imine (C=N–C) groups is 1. The molecule has 0 rings (SSSR count). The molecule has 0 saturated carbocycles. The zero-order valence-electron chi connectivity index (χ0n) is 22.2. The summed E-state index contributed by atoms with van der Waals surface area (Å²) in [7, 11) is 0. The molecule has 0 aromatic rings. The zero-order valence-corrected chi connectivity index (χ0v) is 22.2. The fourth-order valence-corrected chi connectivity index (χ4v) is 3.32. The highest BCUT2D eigenvalue weighted by atomic mass is 16.4. The molecule has 0 saturated heterocycles. The quantitative estimate of drug-likeness (QED) is 0.0569. The molecule has 0 heterocycles. The van der Waals surface area contributed by atoms with Gasteiger partial charge in [0.15, 0.2) is 5.96 Å². The van der Waals surface area contributed by atoms with Crippen molar-refractivity contribution in [1.82, 2.24) is 16.0 Å². The van der Waals surface area contributed by atoms with Crippen molar-refractivity contribution in [3.05, 3.63) is 0 Å². The van der Waals surface area contributed by atoms with E-state index in [9.17, 15) is 29.1 Å². The fourth-order valence-electron chi connectivity index (χ4n) is 3.32. The van der Waals surface area contributed by atoms with Gasteiger partial charge < -0.3 is 44.0 Å². The van der Waals surface area contributed by atoms with E-state index in [2.05, 4.69) is 20.9 Å². The van der Waals surface area contributed by atoms with E-state index in [0.29, 0.717) is 19.3 Å². The molecule has 6 unspecified atom stereocenters. The van der Waals surface area contributed by atoms with Crippen molar-refractivity contribution in [2.45, 2.75) is 90.4 Å². The Labute approximate surface area is 217 Å². The maximum Gasteiger partial charge on any atom is 0.326 e. The Morgan fingerprint density at radius 2 is 1.32 bits per heavy atom. The van der Waals surface area contributed by atoms with Crippen LogP contribution in [0.25, 0.3) is 0 Å². The number of primary amides is 1. The van der Waals surface area contributed by atoms with Crippen molar-refractivity contribution in [2.75, 3.05) is 6.54 Å². The highest BCUT2D eigenvalue weighted by molar-refractivity contribution is 5.94. The van der Waals surface area contributed by atoms with Gasteiger partial charge in [-0.05, 0) is 31.1 Å². The summed E-state index contributed by atoms with van der Waals surface area (Å²) in [4.78, 5) is 65.7. The smallest absolute Gasteiger partial charge is 0.326 e. The van der Waals surface area contributed by atoms with E-state index in [-0.39, 0.29) is 37.7 Å². The van der Waals surface area contributed by atoms with Crippen molar-refractivity contribution >= 4 is 35.6 Å². The number of carbonyl (C=O) groups is 5. The van der Waals surface area contributed by atoms with E-state index < -0.39 is 59.7 Å². The van der Waals surface area contributed by atoms with Gasteiger partial charge in [0, 0.05) is 13.0 Å². The van der Waals surface area contributed by atoms with Crippen LogP contribution in [0.1, 0.15) is 66.2 Å². The van der Waals surface area contributed by atoms with Crippen molar-refractivity contribution < 1.29 is 29.1 Å². The van der Waals surface area contributed by atoms with Gasteiger partial charge in [0.05, 0.1) is 6.04 Å². The number of hydrogen-bond acceptors (Lipinski definition) is 7. The lowest BCUT2D eigenvalue weighted by Crippen LogP contribution is -2.58. The predicted molar refractivity (Wildman–Crippen MR) is 139 cm³/mol. The summed E-state index contributed by atoms with van der Waals surface area (Å²) in [6.07, 6.45) is 1.17. The molecule has 14 nitrogen and oxygen atoms in total. The molecule has 0 aromatic carbocycles. The maximum absolute atomic E-state index is 13.2. The lowest BCUT2D eigenvalue weighted by Gasteiger charge is -2.27. The minimum atomic E-state index is -1.27. The second-order valence-corrected chi connectivity index (χ2v) is 9.20. The molecule has 212 valence electrons. The molecule has 0 aromatic heterocycles. The first-order valence-electron chi connectivity index (χ1n) is 12.5. The molecular formula is C23H44N8O6. The minimum Gasteiger partial charge on any atom is -0.480 e. The molecule has 0 aliphatic carbocycles. The van der Waals surface area contributed by atoms with Crippen molar-refractivity contribution in [2.24, 2.45) is 39.8 Å². The number of nitrogens with one attached hydrogen (secondary N) is 3. The second kappa shape index (κ2) is 17.1. The molecule has 0 bridgehead atoms. The third-order valence-electron chi connectivity index (χ3n) is 6.23. The second-order valence-electron chi connectivity index (χ2n) is 9.20. The van der Waals surface area contributed by atoms with Crippen LogP contribution in [0, 0.1) is 11.8 Å². The van der Waals surface area contributed by atoms with Gasteiger partial charge in [0.2, 0.25) is 23.6 Å². The van der Waals surface area contributed by atoms with Crippen molar-refractivity contribution in [3.8, 4) is 0 Å². The van der Waals surface area contributed by atoms with E-state index >= 15 is 0 Å². The molecule has 0 aliphatic heterocycles. The number of rotatable bonds is 18. The number of carboxylic acids is 1. The summed E-state index contributed by atoms with van der Waals surface area (Å²) >= 11 is 0. The summed E-state index contributed by atoms with van der Waals surface area (Å²) in [5.41, 5.74) is 21.9. The Hall–Kier alpha value is -3.42. The van der Waals surface area contributed by atoms with Gasteiger partial charge in [-0.2, -0.15) is 0 Å². The Bertz CT molecular complexity index is 817. The lowest BCUT2D eigenvalue weighted by molar-refractivity contribution is -0.144. The van der Waals surface area contributed by atoms with Crippen LogP contribution in [0.5, 0.6) is 0 Å². The number of guanidine groups is 1. The van der Waals surface area contributed by atoms with Gasteiger partial charge in [-0.1, -0.05) is 40.5 Å². The summed E-state index contributed by atoms with van der Waals surface area (Å²) in [5, 5.41) is 17.1. The normalized spacial score (nSPS) is 15.7. The van der Waals surface area contributed by atoms with Gasteiger partial charge in [0.1, 0.15) is 18.1 Å². The summed E-state index contributed by atoms with van der Waals surface area (Å²) < 4.78 is 0. The average Bonchev–Trinajstić information content (AvgIpc) is 2.84. The molecule has 0 radical (unpaired) electrons. The third-order valence-corrected chi connectivity index (χ3v) is 6.23. The standard InChI is InChI=1S/C23H44N8O6/c1-5-12(3)17(25)21(35)30-14(8-7-11-28-23(26)27)19(33)29-15(9-10-16(24)32)20(34)31-18(22(36)37)13(4)6-2/h12-15,17-18H,5-11,25H2,1-4H3,(H2,24,32)(H,29,33)(H,30,35)(H,31,34)(H,36,37)(H4,26,27,28). The summed E-state index contributed by atoms with van der Waals surface area (Å²) in [6, 6.07) is -4.43. The first-order valence-corrected chi connectivity index (χ1v) is 12.5. The molecule has 37 heavy (non-hydrogen) atoms. The highest BCUT2D eigenvalue weighted by Crippen LogP contribution is 2.10. The Balaban J connectivity index is 5.77. The number of hydrogen-bond donors (Lipinski definition) is 8. The van der Waals surface area contributed by atoms with Crippen LogP contribution in [-0.2, 0) is 24.0 Å². The first-order chi connectivity index (χ1) is 17.2. The summed E-state index contributed by atoms with van der Waals surface area (Å²) in [6.45, 7) is 7.32. The zero-order chi connectivity index (χ0) is 28.7. The monoisotopic (exact) mass is 528 g/mol. The third kappa shape index (κ3) is 12.9. The van der Waals surface area contributed by atoms with Crippen LogP contribution in [0.4, 0.5) is 0 Å². The molecule has 12 N–H and O–H groups in total. The van der Waals surface area contributed by atoms with Gasteiger partial charge >= 0.3 is 5.97 Å². The van der Waals surface area contributed by atoms with Crippen LogP contribution in [0.15, 0.2) is 4.99 Å². The molecule has 0 spiro atoms. The lowest BCUT2D eigenvalue weighted by atomic mass is 9.98. The fraction of sp³-hybridized carbons (Fsp3) is 0.739. The van der Waals surface area contributed by atoms with Crippen molar-refractivity contribution in [3.63, 3.8) is 0 Å². The van der Waals surface area contributed by atoms with Crippen molar-refractivity contribution in [1.29, 1.82) is 0 Å².